The molecule has 2 aromatic heterocycles. The zero-order chi connectivity index (χ0) is 24.3. The van der Waals surface area contributed by atoms with Crippen LogP contribution in [0.4, 0.5) is 5.69 Å². The number of benzene rings is 1. The van der Waals surface area contributed by atoms with Gasteiger partial charge in [0.05, 0.1) is 18.3 Å². The quantitative estimate of drug-likeness (QED) is 0.388. The molecule has 0 aliphatic heterocycles. The first kappa shape index (κ1) is 24.3. The topological polar surface area (TPSA) is 107 Å². The Morgan fingerprint density at radius 2 is 1.85 bits per heavy atom. The van der Waals surface area contributed by atoms with E-state index in [1.807, 2.05) is 13.8 Å². The molecule has 1 amide bonds. The predicted octanol–water partition coefficient (Wildman–Crippen LogP) is 4.37. The highest BCUT2D eigenvalue weighted by Crippen LogP contribution is 2.28. The fourth-order valence-electron chi connectivity index (χ4n) is 3.38. The first-order valence-corrected chi connectivity index (χ1v) is 11.5. The number of nitrogens with zero attached hydrogens (tertiary/aromatic N) is 2. The van der Waals surface area contributed by atoms with Gasteiger partial charge in [-0.05, 0) is 56.0 Å². The van der Waals surface area contributed by atoms with E-state index in [9.17, 15) is 19.2 Å². The molecular formula is C24H27N3O5S. The molecule has 33 heavy (non-hydrogen) atoms. The van der Waals surface area contributed by atoms with Gasteiger partial charge in [0.15, 0.2) is 5.78 Å². The van der Waals surface area contributed by atoms with Gasteiger partial charge >= 0.3 is 5.97 Å². The van der Waals surface area contributed by atoms with Crippen molar-refractivity contribution in [2.45, 2.75) is 47.1 Å². The summed E-state index contributed by atoms with van der Waals surface area (Å²) >= 11 is 1.11. The Kier molecular flexibility index (Phi) is 7.43. The number of aromatic nitrogens is 2. The Labute approximate surface area is 195 Å². The van der Waals surface area contributed by atoms with E-state index < -0.39 is 12.0 Å². The minimum absolute atomic E-state index is 0.0659. The molecule has 1 unspecified atom stereocenters. The third-order valence-corrected chi connectivity index (χ3v) is 6.37. The average Bonchev–Trinajstić information content (AvgIpc) is 3.11. The number of hydrogen-bond donors (Lipinski definition) is 1. The number of nitrogens with one attached hydrogen (secondary N) is 1. The van der Waals surface area contributed by atoms with Crippen LogP contribution in [0.1, 0.15) is 65.8 Å². The molecule has 8 nitrogen and oxygen atoms in total. The number of carbonyl (C=O) groups excluding carboxylic acids is 3. The van der Waals surface area contributed by atoms with E-state index in [1.165, 1.54) is 17.8 Å². The van der Waals surface area contributed by atoms with Crippen molar-refractivity contribution < 1.29 is 19.1 Å². The second-order valence-electron chi connectivity index (χ2n) is 8.23. The number of ether oxygens (including phenoxy) is 1. The van der Waals surface area contributed by atoms with Gasteiger partial charge in [-0.15, -0.1) is 11.3 Å². The first-order chi connectivity index (χ1) is 15.6. The molecule has 0 radical (unpaired) electrons. The van der Waals surface area contributed by atoms with Gasteiger partial charge < -0.3 is 10.1 Å². The number of rotatable bonds is 8. The molecule has 0 saturated carbocycles. The molecule has 0 bridgehead atoms. The van der Waals surface area contributed by atoms with Crippen LogP contribution in [0.5, 0.6) is 0 Å². The number of hydrogen-bond acceptors (Lipinski definition) is 7. The zero-order valence-corrected chi connectivity index (χ0v) is 20.1. The highest BCUT2D eigenvalue weighted by atomic mass is 32.1. The maximum atomic E-state index is 13.3. The number of esters is 1. The van der Waals surface area contributed by atoms with Crippen LogP contribution in [-0.4, -0.2) is 33.8 Å². The fourth-order valence-corrected chi connectivity index (χ4v) is 4.42. The Bertz CT molecular complexity index is 1260. The van der Waals surface area contributed by atoms with E-state index in [2.05, 4.69) is 10.3 Å². The monoisotopic (exact) mass is 469 g/mol. The molecule has 3 rings (SSSR count). The van der Waals surface area contributed by atoms with Crippen molar-refractivity contribution in [2.75, 3.05) is 11.9 Å². The van der Waals surface area contributed by atoms with Crippen LogP contribution in [0.15, 0.2) is 35.4 Å². The van der Waals surface area contributed by atoms with Crippen LogP contribution in [0.25, 0.3) is 10.2 Å². The third-order valence-electron chi connectivity index (χ3n) is 5.19. The molecule has 1 atom stereocenters. The molecule has 9 heteroatoms. The van der Waals surface area contributed by atoms with E-state index in [0.717, 1.165) is 11.3 Å². The van der Waals surface area contributed by atoms with Crippen LogP contribution >= 0.6 is 11.3 Å². The Balaban J connectivity index is 1.91. The molecule has 0 fully saturated rings. The molecule has 3 aromatic rings. The fraction of sp³-hybridized carbons (Fsp3) is 0.375. The normalized spacial score (nSPS) is 12.1. The lowest BCUT2D eigenvalue weighted by Gasteiger charge is -2.17. The van der Waals surface area contributed by atoms with Crippen molar-refractivity contribution in [1.29, 1.82) is 0 Å². The minimum Gasteiger partial charge on any atom is -0.461 e. The van der Waals surface area contributed by atoms with Gasteiger partial charge in [-0.25, -0.2) is 9.78 Å². The molecule has 0 spiro atoms. The highest BCUT2D eigenvalue weighted by Gasteiger charge is 2.25. The van der Waals surface area contributed by atoms with Gasteiger partial charge in [0.2, 0.25) is 5.91 Å². The van der Waals surface area contributed by atoms with E-state index in [4.69, 9.17) is 4.74 Å². The summed E-state index contributed by atoms with van der Waals surface area (Å²) in [5.41, 5.74) is 1.19. The predicted molar refractivity (Wildman–Crippen MR) is 128 cm³/mol. The van der Waals surface area contributed by atoms with Crippen LogP contribution in [0, 0.1) is 12.8 Å². The SMILES string of the molecule is CCC(C(=O)Nc1ccc(C(C)=O)cc1)n1cnc2sc(C(=O)OCC(C)C)c(C)c2c1=O. The lowest BCUT2D eigenvalue weighted by atomic mass is 10.1. The maximum Gasteiger partial charge on any atom is 0.348 e. The van der Waals surface area contributed by atoms with Gasteiger partial charge in [-0.2, -0.15) is 0 Å². The van der Waals surface area contributed by atoms with Crippen LogP contribution in [0.2, 0.25) is 0 Å². The van der Waals surface area contributed by atoms with Gasteiger partial charge in [0.1, 0.15) is 15.7 Å². The molecule has 2 heterocycles. The number of ketones is 1. The van der Waals surface area contributed by atoms with E-state index in [0.29, 0.717) is 38.3 Å². The van der Waals surface area contributed by atoms with Gasteiger partial charge in [0, 0.05) is 11.3 Å². The summed E-state index contributed by atoms with van der Waals surface area (Å²) < 4.78 is 6.61. The second-order valence-corrected chi connectivity index (χ2v) is 9.23. The molecule has 0 saturated heterocycles. The highest BCUT2D eigenvalue weighted by molar-refractivity contribution is 7.20. The van der Waals surface area contributed by atoms with Crippen molar-refractivity contribution in [1.82, 2.24) is 9.55 Å². The number of thiophene rings is 1. The first-order valence-electron chi connectivity index (χ1n) is 10.7. The van der Waals surface area contributed by atoms with Crippen molar-refractivity contribution >= 4 is 44.9 Å². The van der Waals surface area contributed by atoms with Crippen molar-refractivity contribution in [3.05, 3.63) is 57.0 Å². The van der Waals surface area contributed by atoms with E-state index in [-0.39, 0.29) is 29.8 Å². The van der Waals surface area contributed by atoms with Crippen molar-refractivity contribution in [2.24, 2.45) is 5.92 Å². The molecule has 1 N–H and O–H groups in total. The lowest BCUT2D eigenvalue weighted by molar-refractivity contribution is -0.119. The van der Waals surface area contributed by atoms with Gasteiger partial charge in [-0.3, -0.25) is 19.0 Å². The van der Waals surface area contributed by atoms with Crippen LogP contribution < -0.4 is 10.9 Å². The zero-order valence-electron chi connectivity index (χ0n) is 19.3. The Morgan fingerprint density at radius 3 is 2.42 bits per heavy atom. The summed E-state index contributed by atoms with van der Waals surface area (Å²) in [6, 6.07) is 5.76. The minimum atomic E-state index is -0.794. The maximum absolute atomic E-state index is 13.3. The smallest absolute Gasteiger partial charge is 0.348 e. The summed E-state index contributed by atoms with van der Waals surface area (Å²) in [6.07, 6.45) is 1.70. The molecular weight excluding hydrogens is 442 g/mol. The lowest BCUT2D eigenvalue weighted by Crippen LogP contribution is -2.33. The van der Waals surface area contributed by atoms with E-state index >= 15 is 0 Å². The van der Waals surface area contributed by atoms with E-state index in [1.54, 1.807) is 38.1 Å². The molecule has 0 aliphatic rings. The van der Waals surface area contributed by atoms with Crippen LogP contribution in [0.3, 0.4) is 0 Å². The van der Waals surface area contributed by atoms with Gasteiger partial charge in [-0.1, -0.05) is 20.8 Å². The standard InChI is InChI=1S/C24H27N3O5S/c1-6-18(21(29)26-17-9-7-16(8-10-17)15(5)28)27-12-25-22-19(23(27)30)14(4)20(33-22)24(31)32-11-13(2)3/h7-10,12-13,18H,6,11H2,1-5H3,(H,26,29). The summed E-state index contributed by atoms with van der Waals surface area (Å²) in [7, 11) is 0. The molecule has 0 aliphatic carbocycles. The third kappa shape index (κ3) is 5.19. The van der Waals surface area contributed by atoms with Crippen LogP contribution in [-0.2, 0) is 9.53 Å². The largest absolute Gasteiger partial charge is 0.461 e. The summed E-state index contributed by atoms with van der Waals surface area (Å²) in [5.74, 6) is -0.722. The number of amides is 1. The number of anilines is 1. The second kappa shape index (κ2) is 10.1. The average molecular weight is 470 g/mol. The molecule has 1 aromatic carbocycles. The number of Topliss-reactive ketones (excluding diaryl/α,β-unsaturated/α-hetero) is 1. The summed E-state index contributed by atoms with van der Waals surface area (Å²) in [4.78, 5) is 55.3. The van der Waals surface area contributed by atoms with Crippen molar-refractivity contribution in [3.8, 4) is 0 Å². The number of carbonyl (C=O) groups is 3. The summed E-state index contributed by atoms with van der Waals surface area (Å²) in [5, 5.41) is 3.10. The Hall–Kier alpha value is -3.33. The number of aryl methyl sites for hydroxylation is 1. The number of fused-ring (bicyclic) bond motifs is 1. The molecule has 174 valence electrons. The van der Waals surface area contributed by atoms with Crippen molar-refractivity contribution in [3.63, 3.8) is 0 Å². The van der Waals surface area contributed by atoms with Gasteiger partial charge in [0.25, 0.3) is 5.56 Å². The summed E-state index contributed by atoms with van der Waals surface area (Å²) in [6.45, 7) is 9.14. The Morgan fingerprint density at radius 1 is 1.18 bits per heavy atom.